The van der Waals surface area contributed by atoms with Crippen LogP contribution >= 0.6 is 0 Å². The Labute approximate surface area is 87.4 Å². The van der Waals surface area contributed by atoms with Crippen LogP contribution in [0.25, 0.3) is 0 Å². The van der Waals surface area contributed by atoms with Gasteiger partial charge >= 0.3 is 0 Å². The zero-order chi connectivity index (χ0) is 11.1. The van der Waals surface area contributed by atoms with Gasteiger partial charge in [0.2, 0.25) is 5.91 Å². The molecule has 3 nitrogen and oxygen atoms in total. The zero-order valence-electron chi connectivity index (χ0n) is 9.84. The first-order valence-electron chi connectivity index (χ1n) is 5.46. The Morgan fingerprint density at radius 2 is 1.86 bits per heavy atom. The molecule has 0 bridgehead atoms. The van der Waals surface area contributed by atoms with E-state index in [0.29, 0.717) is 12.3 Å². The smallest absolute Gasteiger partial charge is 0.220 e. The first-order chi connectivity index (χ1) is 6.41. The summed E-state index contributed by atoms with van der Waals surface area (Å²) < 4.78 is 0. The maximum absolute atomic E-state index is 11.4. The van der Waals surface area contributed by atoms with Crippen LogP contribution in [0.5, 0.6) is 0 Å². The third kappa shape index (κ3) is 8.05. The Morgan fingerprint density at radius 3 is 2.29 bits per heavy atom. The maximum Gasteiger partial charge on any atom is 0.220 e. The Hall–Kier alpha value is -0.570. The van der Waals surface area contributed by atoms with Crippen molar-refractivity contribution < 1.29 is 4.79 Å². The van der Waals surface area contributed by atoms with Crippen molar-refractivity contribution in [2.24, 2.45) is 11.7 Å². The predicted molar refractivity (Wildman–Crippen MR) is 59.9 cm³/mol. The van der Waals surface area contributed by atoms with Crippen molar-refractivity contribution in [2.45, 2.75) is 59.0 Å². The molecule has 0 saturated carbocycles. The molecule has 0 aromatic carbocycles. The van der Waals surface area contributed by atoms with E-state index in [1.54, 1.807) is 0 Å². The van der Waals surface area contributed by atoms with Crippen LogP contribution in [-0.4, -0.2) is 18.0 Å². The van der Waals surface area contributed by atoms with E-state index in [9.17, 15) is 4.79 Å². The lowest BCUT2D eigenvalue weighted by atomic mass is 10.1. The van der Waals surface area contributed by atoms with Gasteiger partial charge in [-0.25, -0.2) is 0 Å². The molecule has 14 heavy (non-hydrogen) atoms. The average molecular weight is 200 g/mol. The Balaban J connectivity index is 3.60. The Kier molecular flexibility index (Phi) is 6.54. The van der Waals surface area contributed by atoms with E-state index in [1.807, 2.05) is 13.8 Å². The van der Waals surface area contributed by atoms with Gasteiger partial charge in [-0.05, 0) is 32.6 Å². The predicted octanol–water partition coefficient (Wildman–Crippen LogP) is 1.66. The number of carbonyl (C=O) groups excluding carboxylic acids is 1. The van der Waals surface area contributed by atoms with Gasteiger partial charge in [-0.15, -0.1) is 0 Å². The molecule has 3 heteroatoms. The van der Waals surface area contributed by atoms with Gasteiger partial charge in [0.05, 0.1) is 0 Å². The van der Waals surface area contributed by atoms with Crippen molar-refractivity contribution in [1.82, 2.24) is 5.32 Å². The highest BCUT2D eigenvalue weighted by molar-refractivity contribution is 5.76. The van der Waals surface area contributed by atoms with Gasteiger partial charge in [-0.1, -0.05) is 13.8 Å². The second-order valence-corrected chi connectivity index (χ2v) is 4.61. The fourth-order valence-corrected chi connectivity index (χ4v) is 1.38. The van der Waals surface area contributed by atoms with Gasteiger partial charge in [-0.2, -0.15) is 0 Å². The van der Waals surface area contributed by atoms with Gasteiger partial charge in [0.15, 0.2) is 0 Å². The van der Waals surface area contributed by atoms with Crippen molar-refractivity contribution in [3.63, 3.8) is 0 Å². The zero-order valence-corrected chi connectivity index (χ0v) is 9.84. The highest BCUT2D eigenvalue weighted by Gasteiger charge is 2.09. The minimum atomic E-state index is 0.145. The highest BCUT2D eigenvalue weighted by Crippen LogP contribution is 2.03. The summed E-state index contributed by atoms with van der Waals surface area (Å²) in [5.74, 6) is 0.733. The highest BCUT2D eigenvalue weighted by atomic mass is 16.1. The van der Waals surface area contributed by atoms with Gasteiger partial charge in [0, 0.05) is 18.5 Å². The molecule has 84 valence electrons. The Bertz CT molecular complexity index is 167. The number of amides is 1. The summed E-state index contributed by atoms with van der Waals surface area (Å²) in [5.41, 5.74) is 5.64. The first kappa shape index (κ1) is 13.4. The topological polar surface area (TPSA) is 55.1 Å². The minimum absolute atomic E-state index is 0.145. The van der Waals surface area contributed by atoms with Crippen molar-refractivity contribution >= 4 is 5.91 Å². The second kappa shape index (κ2) is 6.82. The third-order valence-corrected chi connectivity index (χ3v) is 2.08. The van der Waals surface area contributed by atoms with Crippen molar-refractivity contribution in [3.05, 3.63) is 0 Å². The van der Waals surface area contributed by atoms with Crippen LogP contribution in [0.1, 0.15) is 47.0 Å². The van der Waals surface area contributed by atoms with Crippen molar-refractivity contribution in [1.29, 1.82) is 0 Å². The molecule has 0 aromatic rings. The molecule has 3 N–H and O–H groups in total. The fraction of sp³-hybridized carbons (Fsp3) is 0.909. The summed E-state index contributed by atoms with van der Waals surface area (Å²) in [6.07, 6.45) is 2.42. The SMILES string of the molecule is CC(C)CCC(=O)NC(C)CC(C)N. The molecule has 0 spiro atoms. The van der Waals surface area contributed by atoms with Crippen molar-refractivity contribution in [3.8, 4) is 0 Å². The number of hydrogen-bond acceptors (Lipinski definition) is 2. The van der Waals surface area contributed by atoms with Gasteiger partial charge in [0.25, 0.3) is 0 Å². The number of carbonyl (C=O) groups is 1. The van der Waals surface area contributed by atoms with E-state index in [1.165, 1.54) is 0 Å². The quantitative estimate of drug-likeness (QED) is 0.685. The van der Waals surface area contributed by atoms with Crippen LogP contribution in [0.3, 0.4) is 0 Å². The lowest BCUT2D eigenvalue weighted by Crippen LogP contribution is -2.36. The average Bonchev–Trinajstić information content (AvgIpc) is 1.98. The van der Waals surface area contributed by atoms with Crippen LogP contribution in [0.15, 0.2) is 0 Å². The number of hydrogen-bond donors (Lipinski definition) is 2. The molecule has 0 aliphatic heterocycles. The maximum atomic E-state index is 11.4. The molecule has 0 fully saturated rings. The second-order valence-electron chi connectivity index (χ2n) is 4.61. The van der Waals surface area contributed by atoms with E-state index >= 15 is 0 Å². The lowest BCUT2D eigenvalue weighted by Gasteiger charge is -2.16. The first-order valence-corrected chi connectivity index (χ1v) is 5.46. The largest absolute Gasteiger partial charge is 0.354 e. The molecular formula is C11H24N2O. The number of nitrogens with two attached hydrogens (primary N) is 1. The molecule has 0 rings (SSSR count). The summed E-state index contributed by atoms with van der Waals surface area (Å²) >= 11 is 0. The molecule has 0 aliphatic rings. The van der Waals surface area contributed by atoms with E-state index in [4.69, 9.17) is 5.73 Å². The van der Waals surface area contributed by atoms with Gasteiger partial charge < -0.3 is 11.1 Å². The van der Waals surface area contributed by atoms with Gasteiger partial charge in [0.1, 0.15) is 0 Å². The normalized spacial score (nSPS) is 15.3. The molecular weight excluding hydrogens is 176 g/mol. The minimum Gasteiger partial charge on any atom is -0.354 e. The molecule has 1 amide bonds. The van der Waals surface area contributed by atoms with Crippen LogP contribution in [0, 0.1) is 5.92 Å². The van der Waals surface area contributed by atoms with E-state index < -0.39 is 0 Å². The van der Waals surface area contributed by atoms with Crippen LogP contribution in [0.4, 0.5) is 0 Å². The molecule has 0 heterocycles. The number of nitrogens with one attached hydrogen (secondary N) is 1. The van der Waals surface area contributed by atoms with Gasteiger partial charge in [-0.3, -0.25) is 4.79 Å². The summed E-state index contributed by atoms with van der Waals surface area (Å²) in [5, 5.41) is 2.95. The van der Waals surface area contributed by atoms with E-state index in [2.05, 4.69) is 19.2 Å². The van der Waals surface area contributed by atoms with E-state index in [0.717, 1.165) is 12.8 Å². The van der Waals surface area contributed by atoms with Crippen LogP contribution < -0.4 is 11.1 Å². The third-order valence-electron chi connectivity index (χ3n) is 2.08. The Morgan fingerprint density at radius 1 is 1.29 bits per heavy atom. The summed E-state index contributed by atoms with van der Waals surface area (Å²) in [7, 11) is 0. The molecule has 0 saturated heterocycles. The summed E-state index contributed by atoms with van der Waals surface area (Å²) in [6, 6.07) is 0.338. The fourth-order valence-electron chi connectivity index (χ4n) is 1.38. The summed E-state index contributed by atoms with van der Waals surface area (Å²) in [4.78, 5) is 11.4. The molecule has 2 unspecified atom stereocenters. The van der Waals surface area contributed by atoms with Crippen LogP contribution in [-0.2, 0) is 4.79 Å². The lowest BCUT2D eigenvalue weighted by molar-refractivity contribution is -0.122. The molecule has 0 aliphatic carbocycles. The van der Waals surface area contributed by atoms with Crippen LogP contribution in [0.2, 0.25) is 0 Å². The molecule has 0 radical (unpaired) electrons. The number of rotatable bonds is 6. The standard InChI is InChI=1S/C11H24N2O/c1-8(2)5-6-11(14)13-10(4)7-9(3)12/h8-10H,5-7,12H2,1-4H3,(H,13,14). The summed E-state index contributed by atoms with van der Waals surface area (Å²) in [6.45, 7) is 8.20. The van der Waals surface area contributed by atoms with E-state index in [-0.39, 0.29) is 18.0 Å². The molecule has 2 atom stereocenters. The van der Waals surface area contributed by atoms with Crippen molar-refractivity contribution in [2.75, 3.05) is 0 Å². The molecule has 0 aromatic heterocycles. The monoisotopic (exact) mass is 200 g/mol.